The molecule has 0 aliphatic rings. The molecule has 0 radical (unpaired) electrons. The van der Waals surface area contributed by atoms with Crippen LogP contribution in [0.2, 0.25) is 0 Å². The second kappa shape index (κ2) is 8.21. The Labute approximate surface area is 165 Å². The van der Waals surface area contributed by atoms with Gasteiger partial charge in [0.25, 0.3) is 11.7 Å². The topological polar surface area (TPSA) is 64.0 Å². The van der Waals surface area contributed by atoms with Gasteiger partial charge in [0.05, 0.1) is 28.7 Å². The molecule has 0 saturated carbocycles. The van der Waals surface area contributed by atoms with Crippen LogP contribution in [0.15, 0.2) is 54.6 Å². The van der Waals surface area contributed by atoms with Gasteiger partial charge >= 0.3 is 0 Å². The summed E-state index contributed by atoms with van der Waals surface area (Å²) in [6.07, 6.45) is 0.962. The Kier molecular flexibility index (Phi) is 5.73. The van der Waals surface area contributed by atoms with E-state index in [1.807, 2.05) is 61.5 Å². The summed E-state index contributed by atoms with van der Waals surface area (Å²) in [7, 11) is 0. The van der Waals surface area contributed by atoms with Gasteiger partial charge in [-0.05, 0) is 50.5 Å². The van der Waals surface area contributed by atoms with Crippen LogP contribution < -0.4 is 5.32 Å². The molecule has 1 heterocycles. The minimum atomic E-state index is -0.620. The van der Waals surface area contributed by atoms with Gasteiger partial charge in [-0.2, -0.15) is 5.10 Å². The highest BCUT2D eigenvalue weighted by Crippen LogP contribution is 2.19. The fraction of sp³-hybridized carbons (Fsp3) is 0.261. The predicted octanol–water partition coefficient (Wildman–Crippen LogP) is 4.11. The van der Waals surface area contributed by atoms with Crippen LogP contribution >= 0.6 is 0 Å². The number of ketones is 1. The molecule has 3 aromatic rings. The van der Waals surface area contributed by atoms with Crippen molar-refractivity contribution < 1.29 is 9.59 Å². The highest BCUT2D eigenvalue weighted by atomic mass is 16.2. The number of benzene rings is 2. The molecular formula is C23H25N3O2. The number of nitrogens with zero attached hydrogens (tertiary/aromatic N) is 2. The van der Waals surface area contributed by atoms with Gasteiger partial charge in [0.1, 0.15) is 0 Å². The van der Waals surface area contributed by atoms with E-state index in [-0.39, 0.29) is 6.04 Å². The second-order valence-electron chi connectivity index (χ2n) is 6.91. The third-order valence-corrected chi connectivity index (χ3v) is 4.96. The van der Waals surface area contributed by atoms with Crippen molar-refractivity contribution in [2.45, 2.75) is 40.2 Å². The van der Waals surface area contributed by atoms with Gasteiger partial charge in [0.2, 0.25) is 0 Å². The van der Waals surface area contributed by atoms with Gasteiger partial charge < -0.3 is 5.32 Å². The van der Waals surface area contributed by atoms with E-state index in [4.69, 9.17) is 0 Å². The molecule has 5 nitrogen and oxygen atoms in total. The summed E-state index contributed by atoms with van der Waals surface area (Å²) in [6.45, 7) is 7.53. The Balaban J connectivity index is 1.79. The number of para-hydroxylation sites is 1. The molecule has 0 bridgehead atoms. The number of carbonyl (C=O) groups is 2. The lowest BCUT2D eigenvalue weighted by atomic mass is 10.0. The van der Waals surface area contributed by atoms with Crippen molar-refractivity contribution in [3.05, 3.63) is 82.7 Å². The van der Waals surface area contributed by atoms with Crippen LogP contribution in [-0.4, -0.2) is 21.5 Å². The Morgan fingerprint density at radius 3 is 2.29 bits per heavy atom. The first kappa shape index (κ1) is 19.5. The normalized spacial score (nSPS) is 11.9. The highest BCUT2D eigenvalue weighted by Gasteiger charge is 2.26. The molecule has 5 heteroatoms. The second-order valence-corrected chi connectivity index (χ2v) is 6.91. The number of nitrogens with one attached hydrogen (secondary N) is 1. The van der Waals surface area contributed by atoms with Crippen molar-refractivity contribution in [1.82, 2.24) is 15.1 Å². The molecule has 0 spiro atoms. The average Bonchev–Trinajstić information content (AvgIpc) is 3.02. The van der Waals surface area contributed by atoms with Crippen molar-refractivity contribution in [3.8, 4) is 5.69 Å². The summed E-state index contributed by atoms with van der Waals surface area (Å²) in [4.78, 5) is 25.4. The minimum absolute atomic E-state index is 0.257. The smallest absolute Gasteiger partial charge is 0.293 e. The van der Waals surface area contributed by atoms with Crippen LogP contribution in [-0.2, 0) is 11.2 Å². The van der Waals surface area contributed by atoms with E-state index < -0.39 is 11.7 Å². The summed E-state index contributed by atoms with van der Waals surface area (Å²) < 4.78 is 1.70. The van der Waals surface area contributed by atoms with Crippen molar-refractivity contribution in [2.24, 2.45) is 0 Å². The fourth-order valence-corrected chi connectivity index (χ4v) is 3.29. The van der Waals surface area contributed by atoms with E-state index in [2.05, 4.69) is 17.3 Å². The first-order valence-corrected chi connectivity index (χ1v) is 9.48. The van der Waals surface area contributed by atoms with Crippen LogP contribution in [0.4, 0.5) is 0 Å². The zero-order valence-electron chi connectivity index (χ0n) is 16.7. The Morgan fingerprint density at radius 2 is 1.68 bits per heavy atom. The van der Waals surface area contributed by atoms with Crippen molar-refractivity contribution in [2.75, 3.05) is 0 Å². The first-order valence-electron chi connectivity index (χ1n) is 9.48. The molecule has 2 aromatic carbocycles. The van der Waals surface area contributed by atoms with E-state index in [0.29, 0.717) is 17.0 Å². The monoisotopic (exact) mass is 375 g/mol. The molecular weight excluding hydrogens is 350 g/mol. The first-order chi connectivity index (χ1) is 13.4. The number of aromatic nitrogens is 2. The summed E-state index contributed by atoms with van der Waals surface area (Å²) >= 11 is 0. The molecule has 1 N–H and O–H groups in total. The minimum Gasteiger partial charge on any atom is -0.343 e. The quantitative estimate of drug-likeness (QED) is 0.521. The van der Waals surface area contributed by atoms with Crippen molar-refractivity contribution in [3.63, 3.8) is 0 Å². The van der Waals surface area contributed by atoms with E-state index in [0.717, 1.165) is 17.7 Å². The SMILES string of the molecule is CCc1ccc(C(C)NC(=O)C(=O)c2c(C)nn(-c3ccccc3)c2C)cc1. The van der Waals surface area contributed by atoms with Gasteiger partial charge in [-0.1, -0.05) is 49.4 Å². The summed E-state index contributed by atoms with van der Waals surface area (Å²) in [5.74, 6) is -1.18. The molecule has 0 fully saturated rings. The van der Waals surface area contributed by atoms with E-state index in [9.17, 15) is 9.59 Å². The lowest BCUT2D eigenvalue weighted by molar-refractivity contribution is -0.117. The molecule has 0 aliphatic carbocycles. The molecule has 1 amide bonds. The van der Waals surface area contributed by atoms with E-state index in [1.54, 1.807) is 18.5 Å². The largest absolute Gasteiger partial charge is 0.343 e. The van der Waals surface area contributed by atoms with E-state index in [1.165, 1.54) is 5.56 Å². The zero-order valence-corrected chi connectivity index (χ0v) is 16.7. The third-order valence-electron chi connectivity index (χ3n) is 4.96. The number of aryl methyl sites for hydroxylation is 2. The maximum atomic E-state index is 12.8. The number of hydrogen-bond acceptors (Lipinski definition) is 3. The molecule has 1 aromatic heterocycles. The molecule has 1 unspecified atom stereocenters. The molecule has 0 aliphatic heterocycles. The van der Waals surface area contributed by atoms with Crippen molar-refractivity contribution >= 4 is 11.7 Å². The predicted molar refractivity (Wildman–Crippen MR) is 110 cm³/mol. The van der Waals surface area contributed by atoms with Crippen LogP contribution in [0.5, 0.6) is 0 Å². The Hall–Kier alpha value is -3.21. The Morgan fingerprint density at radius 1 is 1.04 bits per heavy atom. The lowest BCUT2D eigenvalue weighted by Gasteiger charge is -2.14. The number of Topliss-reactive ketones (excluding diaryl/α,β-unsaturated/α-hetero) is 1. The number of carbonyl (C=O) groups excluding carboxylic acids is 2. The highest BCUT2D eigenvalue weighted by molar-refractivity contribution is 6.43. The fourth-order valence-electron chi connectivity index (χ4n) is 3.29. The van der Waals surface area contributed by atoms with Gasteiger partial charge in [-0.25, -0.2) is 4.68 Å². The van der Waals surface area contributed by atoms with Gasteiger partial charge in [0.15, 0.2) is 0 Å². The molecule has 3 rings (SSSR count). The van der Waals surface area contributed by atoms with Crippen molar-refractivity contribution in [1.29, 1.82) is 0 Å². The summed E-state index contributed by atoms with van der Waals surface area (Å²) in [5.41, 5.74) is 4.61. The molecule has 0 saturated heterocycles. The van der Waals surface area contributed by atoms with Crippen LogP contribution in [0.1, 0.15) is 52.8 Å². The number of hydrogen-bond donors (Lipinski definition) is 1. The van der Waals surface area contributed by atoms with Crippen LogP contribution in [0.3, 0.4) is 0 Å². The molecule has 28 heavy (non-hydrogen) atoms. The summed E-state index contributed by atoms with van der Waals surface area (Å²) in [5, 5.41) is 7.27. The summed E-state index contributed by atoms with van der Waals surface area (Å²) in [6, 6.07) is 17.4. The maximum absolute atomic E-state index is 12.8. The molecule has 1 atom stereocenters. The van der Waals surface area contributed by atoms with E-state index >= 15 is 0 Å². The zero-order chi connectivity index (χ0) is 20.3. The number of rotatable bonds is 6. The lowest BCUT2D eigenvalue weighted by Crippen LogP contribution is -2.33. The number of amides is 1. The van der Waals surface area contributed by atoms with Crippen LogP contribution in [0.25, 0.3) is 5.69 Å². The van der Waals surface area contributed by atoms with Gasteiger partial charge in [-0.15, -0.1) is 0 Å². The maximum Gasteiger partial charge on any atom is 0.293 e. The Bertz CT molecular complexity index is 989. The van der Waals surface area contributed by atoms with Gasteiger partial charge in [0, 0.05) is 0 Å². The van der Waals surface area contributed by atoms with Gasteiger partial charge in [-0.3, -0.25) is 9.59 Å². The van der Waals surface area contributed by atoms with Crippen LogP contribution in [0, 0.1) is 13.8 Å². The average molecular weight is 375 g/mol. The standard InChI is InChI=1S/C23H25N3O2/c1-5-18-11-13-19(14-12-18)15(2)24-23(28)22(27)21-16(3)25-26(17(21)4)20-9-7-6-8-10-20/h6-15H,5H2,1-4H3,(H,24,28). The molecule has 144 valence electrons. The third kappa shape index (κ3) is 3.88.